The van der Waals surface area contributed by atoms with Crippen molar-refractivity contribution in [2.75, 3.05) is 13.6 Å². The van der Waals surface area contributed by atoms with Gasteiger partial charge in [-0.3, -0.25) is 0 Å². The zero-order chi connectivity index (χ0) is 15.1. The number of likely N-dealkylation sites (N-methyl/N-ethyl adjacent to an activating group) is 1. The van der Waals surface area contributed by atoms with Crippen LogP contribution in [-0.4, -0.2) is 48.4 Å². The number of benzene rings is 1. The first-order valence-electron chi connectivity index (χ1n) is 8.42. The van der Waals surface area contributed by atoms with Crippen molar-refractivity contribution in [3.05, 3.63) is 23.3 Å². The highest BCUT2D eigenvalue weighted by molar-refractivity contribution is 5.60. The van der Waals surface area contributed by atoms with E-state index in [4.69, 9.17) is 11.3 Å². The molecule has 0 amide bonds. The van der Waals surface area contributed by atoms with Crippen LogP contribution in [0.3, 0.4) is 0 Å². The molecule has 1 saturated heterocycles. The molecule has 21 heavy (non-hydrogen) atoms. The third kappa shape index (κ3) is 1.25. The average Bonchev–Trinajstić information content (AvgIpc) is 2.88. The van der Waals surface area contributed by atoms with E-state index >= 15 is 0 Å². The van der Waals surface area contributed by atoms with E-state index in [1.54, 1.807) is 0 Å². The lowest BCUT2D eigenvalue weighted by Crippen LogP contribution is -2.66. The summed E-state index contributed by atoms with van der Waals surface area (Å²) in [6.45, 7) is 1.04. The van der Waals surface area contributed by atoms with Crippen LogP contribution in [0.4, 0.5) is 0 Å². The Hall–Kier alpha value is -1.26. The van der Waals surface area contributed by atoms with Gasteiger partial charge in [0.05, 0.1) is 6.10 Å². The van der Waals surface area contributed by atoms with Crippen LogP contribution in [0, 0.1) is 5.92 Å². The van der Waals surface area contributed by atoms with Crippen LogP contribution in [0.2, 0.25) is 0 Å². The molecule has 2 bridgehead atoms. The monoisotopic (exact) mass is 288 g/mol. The summed E-state index contributed by atoms with van der Waals surface area (Å²) in [4.78, 5) is 2.49. The largest absolute Gasteiger partial charge is 0.504 e. The molecule has 0 radical (unpaired) electrons. The van der Waals surface area contributed by atoms with Gasteiger partial charge in [-0.05, 0) is 56.8 Å². The number of phenolic OH excluding ortho intramolecular Hbond substituents is 1. The number of ether oxygens (including phenoxy) is 1. The second kappa shape index (κ2) is 3.73. The highest BCUT2D eigenvalue weighted by Crippen LogP contribution is 2.63. The minimum atomic E-state index is -0.419. The second-order valence-corrected chi connectivity index (χ2v) is 7.26. The highest BCUT2D eigenvalue weighted by atomic mass is 16.5. The third-order valence-electron chi connectivity index (χ3n) is 6.55. The van der Waals surface area contributed by atoms with Crippen LogP contribution in [0.5, 0.6) is 11.5 Å². The van der Waals surface area contributed by atoms with Gasteiger partial charge in [0.15, 0.2) is 11.5 Å². The first-order valence-corrected chi connectivity index (χ1v) is 8.01. The maximum absolute atomic E-state index is 10.6. The number of aliphatic hydroxyl groups is 1. The van der Waals surface area contributed by atoms with E-state index < -0.39 is 6.10 Å². The van der Waals surface area contributed by atoms with E-state index in [1.165, 1.54) is 11.1 Å². The van der Waals surface area contributed by atoms with Crippen LogP contribution in [0.15, 0.2) is 12.1 Å². The number of piperidine rings is 1. The Balaban J connectivity index is 1.80. The van der Waals surface area contributed by atoms with E-state index in [0.29, 0.717) is 17.7 Å². The molecule has 5 atom stereocenters. The molecule has 4 heteroatoms. The van der Waals surface area contributed by atoms with Crippen LogP contribution >= 0.6 is 0 Å². The fourth-order valence-corrected chi connectivity index (χ4v) is 5.70. The smallest absolute Gasteiger partial charge is 0.293 e. The molecule has 4 aliphatic rings. The molecule has 0 unspecified atom stereocenters. The number of aromatic hydroxyl groups is 1. The minimum absolute atomic E-state index is 0.0771. The van der Waals surface area contributed by atoms with Crippen molar-refractivity contribution in [2.24, 2.45) is 5.92 Å². The van der Waals surface area contributed by atoms with E-state index in [9.17, 15) is 5.11 Å². The van der Waals surface area contributed by atoms with Gasteiger partial charge in [-0.25, -0.2) is 0 Å². The van der Waals surface area contributed by atoms with Gasteiger partial charge in [-0.2, -0.15) is 0 Å². The van der Waals surface area contributed by atoms with E-state index in [1.807, 2.05) is 6.07 Å². The summed E-state index contributed by atoms with van der Waals surface area (Å²) in [6.07, 6.45) is 3.33. The lowest BCUT2D eigenvalue weighted by Gasteiger charge is -2.58. The molecule has 2 aliphatic heterocycles. The van der Waals surface area contributed by atoms with Gasteiger partial charge < -0.3 is 19.9 Å². The summed E-state index contributed by atoms with van der Waals surface area (Å²) >= 11 is 0. The molecule has 2 aliphatic carbocycles. The number of aliphatic hydroxyl groups excluding tert-OH is 1. The molecule has 1 aromatic rings. The molecular formula is C17H21NO3. The first kappa shape index (κ1) is 11.3. The Bertz CT molecular complexity index is 651. The van der Waals surface area contributed by atoms with Gasteiger partial charge in [-0.1, -0.05) is 6.07 Å². The Kier molecular flexibility index (Phi) is 2.01. The normalized spacial score (nSPS) is 43.8. The average molecular weight is 288 g/mol. The van der Waals surface area contributed by atoms with Gasteiger partial charge in [0, 0.05) is 17.0 Å². The molecule has 1 saturated carbocycles. The standard InChI is InChI=1S/C17H21NO3/c1-18-7-6-17-10-3-5-13(20)16(17)21-15-12(19)4-2-9(14(15)17)8-11(10)18/h2,4,10-11,13,16,19-20H,3,5-8H2,1H3/t10-,11+,13-,16-,17-/m0/s1/i/hD. The van der Waals surface area contributed by atoms with Gasteiger partial charge in [0.2, 0.25) is 0 Å². The third-order valence-corrected chi connectivity index (χ3v) is 6.55. The molecule has 5 rings (SSSR count). The molecule has 2 N–H and O–H groups in total. The Labute approximate surface area is 125 Å². The summed E-state index contributed by atoms with van der Waals surface area (Å²) in [5, 5.41) is 15.4. The molecule has 2 heterocycles. The van der Waals surface area contributed by atoms with Crippen molar-refractivity contribution in [1.29, 1.82) is 1.43 Å². The number of hydrogen-bond donors (Lipinski definition) is 2. The second-order valence-electron chi connectivity index (χ2n) is 7.26. The quantitative estimate of drug-likeness (QED) is 0.821. The lowest BCUT2D eigenvalue weighted by atomic mass is 9.51. The molecule has 1 aromatic carbocycles. The van der Waals surface area contributed by atoms with Crippen LogP contribution < -0.4 is 4.74 Å². The summed E-state index contributed by atoms with van der Waals surface area (Å²) in [5.74, 6) is 1.76. The Morgan fingerprint density at radius 2 is 2.33 bits per heavy atom. The van der Waals surface area contributed by atoms with Gasteiger partial charge in [-0.15, -0.1) is 0 Å². The molecule has 2 fully saturated rings. The summed E-state index contributed by atoms with van der Waals surface area (Å²) in [5.41, 5.74) is 2.49. The predicted octanol–water partition coefficient (Wildman–Crippen LogP) is 1.42. The predicted molar refractivity (Wildman–Crippen MR) is 77.7 cm³/mol. The first-order chi connectivity index (χ1) is 10.7. The number of hydrogen-bond acceptors (Lipinski definition) is 4. The SMILES string of the molecule is [2H]Oc1ccc2c3c1O[C@H]1[C@@H](O)CC[C@H]4[C@@H](C2)N(C)CC[C@@]341. The van der Waals surface area contributed by atoms with Crippen molar-refractivity contribution in [1.82, 2.24) is 4.90 Å². The maximum atomic E-state index is 10.6. The van der Waals surface area contributed by atoms with E-state index in [0.717, 1.165) is 38.0 Å². The molecular weight excluding hydrogens is 266 g/mol. The zero-order valence-electron chi connectivity index (χ0n) is 13.2. The summed E-state index contributed by atoms with van der Waals surface area (Å²) < 4.78 is 13.6. The van der Waals surface area contributed by atoms with Gasteiger partial charge >= 0.3 is 0 Å². The van der Waals surface area contributed by atoms with Crippen LogP contribution in [-0.2, 0) is 11.8 Å². The molecule has 0 aromatic heterocycles. The van der Waals surface area contributed by atoms with Crippen molar-refractivity contribution in [3.63, 3.8) is 0 Å². The molecule has 4 nitrogen and oxygen atoms in total. The molecule has 1 spiro atoms. The zero-order valence-corrected chi connectivity index (χ0v) is 12.2. The minimum Gasteiger partial charge on any atom is -0.504 e. The van der Waals surface area contributed by atoms with Crippen molar-refractivity contribution in [3.8, 4) is 11.5 Å². The summed E-state index contributed by atoms with van der Waals surface area (Å²) in [6, 6.07) is 4.48. The van der Waals surface area contributed by atoms with E-state index in [-0.39, 0.29) is 11.5 Å². The van der Waals surface area contributed by atoms with Crippen LogP contribution in [0.1, 0.15) is 30.4 Å². The van der Waals surface area contributed by atoms with Crippen molar-refractivity contribution < 1.29 is 15.0 Å². The fraction of sp³-hybridized carbons (Fsp3) is 0.647. The van der Waals surface area contributed by atoms with E-state index in [2.05, 4.69) is 18.0 Å². The van der Waals surface area contributed by atoms with Gasteiger partial charge in [0.25, 0.3) is 1.43 Å². The highest BCUT2D eigenvalue weighted by Gasteiger charge is 2.65. The molecule has 112 valence electrons. The van der Waals surface area contributed by atoms with Crippen molar-refractivity contribution >= 4 is 0 Å². The number of nitrogens with zero attached hydrogens (tertiary/aromatic N) is 1. The number of phenols is 1. The number of likely N-dealkylation sites (tertiary alicyclic amines) is 1. The fourth-order valence-electron chi connectivity index (χ4n) is 5.70. The Morgan fingerprint density at radius 3 is 3.19 bits per heavy atom. The topological polar surface area (TPSA) is 52.9 Å². The number of rotatable bonds is 1. The summed E-state index contributed by atoms with van der Waals surface area (Å²) in [7, 11) is 2.22. The Morgan fingerprint density at radius 1 is 1.43 bits per heavy atom. The maximum Gasteiger partial charge on any atom is 0.293 e. The van der Waals surface area contributed by atoms with Crippen LogP contribution in [0.25, 0.3) is 0 Å². The van der Waals surface area contributed by atoms with Crippen molar-refractivity contribution in [2.45, 2.75) is 49.3 Å². The lowest BCUT2D eigenvalue weighted by molar-refractivity contribution is -0.0993. The van der Waals surface area contributed by atoms with Gasteiger partial charge in [0.1, 0.15) is 6.10 Å².